The van der Waals surface area contributed by atoms with Crippen molar-refractivity contribution in [2.75, 3.05) is 17.4 Å². The molecule has 0 aromatic heterocycles. The van der Waals surface area contributed by atoms with Gasteiger partial charge in [-0.2, -0.15) is 0 Å². The van der Waals surface area contributed by atoms with Crippen molar-refractivity contribution < 1.29 is 18.0 Å². The highest BCUT2D eigenvalue weighted by molar-refractivity contribution is 9.10. The Bertz CT molecular complexity index is 1760. The van der Waals surface area contributed by atoms with Crippen molar-refractivity contribution in [2.45, 2.75) is 50.6 Å². The standard InChI is InChI=1S/C35H36BrCl2N3O4S/c1-3-4-19-39-35(43)33(20-26-9-6-5-7-10-26)40(23-27-15-16-29(37)22-32(27)38)34(42)24-41(30-12-8-11-28(36)21-30)46(44,45)31-17-13-25(2)14-18-31/h5-18,21-22,33H,3-4,19-20,23-24H2,1-2H3,(H,39,43)/t33-/m1/s1. The second-order valence-electron chi connectivity index (χ2n) is 10.9. The van der Waals surface area contributed by atoms with Crippen molar-refractivity contribution in [3.05, 3.63) is 128 Å². The van der Waals surface area contributed by atoms with Crippen LogP contribution in [-0.2, 0) is 32.6 Å². The summed E-state index contributed by atoms with van der Waals surface area (Å²) in [5, 5.41) is 3.73. The largest absolute Gasteiger partial charge is 0.354 e. The Balaban J connectivity index is 1.81. The molecular weight excluding hydrogens is 709 g/mol. The van der Waals surface area contributed by atoms with Crippen LogP contribution in [0.15, 0.2) is 106 Å². The molecule has 0 aliphatic heterocycles. The van der Waals surface area contributed by atoms with Crippen molar-refractivity contribution in [3.63, 3.8) is 0 Å². The molecule has 0 bridgehead atoms. The minimum absolute atomic E-state index is 0.0383. The number of sulfonamides is 1. The van der Waals surface area contributed by atoms with Gasteiger partial charge < -0.3 is 10.2 Å². The minimum atomic E-state index is -4.20. The Morgan fingerprint density at radius 3 is 2.28 bits per heavy atom. The molecule has 46 heavy (non-hydrogen) atoms. The third-order valence-corrected chi connectivity index (χ3v) is 10.3. The second-order valence-corrected chi connectivity index (χ2v) is 14.5. The molecule has 0 aliphatic rings. The zero-order chi connectivity index (χ0) is 33.3. The van der Waals surface area contributed by atoms with Gasteiger partial charge in [-0.25, -0.2) is 8.42 Å². The summed E-state index contributed by atoms with van der Waals surface area (Å²) in [6.07, 6.45) is 1.86. The molecule has 0 fully saturated rings. The molecule has 0 saturated carbocycles. The summed E-state index contributed by atoms with van der Waals surface area (Å²) in [4.78, 5) is 29.9. The van der Waals surface area contributed by atoms with Gasteiger partial charge >= 0.3 is 0 Å². The molecule has 2 amide bonds. The summed E-state index contributed by atoms with van der Waals surface area (Å²) in [7, 11) is -4.20. The number of benzene rings is 4. The van der Waals surface area contributed by atoms with Gasteiger partial charge in [0.15, 0.2) is 0 Å². The van der Waals surface area contributed by atoms with E-state index in [1.54, 1.807) is 54.6 Å². The number of unbranched alkanes of at least 4 members (excludes halogenated alkanes) is 1. The molecule has 0 spiro atoms. The number of hydrogen-bond donors (Lipinski definition) is 1. The van der Waals surface area contributed by atoms with Crippen molar-refractivity contribution in [3.8, 4) is 0 Å². The van der Waals surface area contributed by atoms with Crippen LogP contribution in [0.5, 0.6) is 0 Å². The zero-order valence-electron chi connectivity index (χ0n) is 25.6. The number of halogens is 3. The molecule has 1 N–H and O–H groups in total. The van der Waals surface area contributed by atoms with E-state index in [0.29, 0.717) is 32.3 Å². The maximum Gasteiger partial charge on any atom is 0.264 e. The molecule has 4 aromatic rings. The van der Waals surface area contributed by atoms with Gasteiger partial charge in [0.1, 0.15) is 12.6 Å². The molecule has 242 valence electrons. The maximum absolute atomic E-state index is 14.6. The monoisotopic (exact) mass is 743 g/mol. The van der Waals surface area contributed by atoms with Crippen molar-refractivity contribution in [1.82, 2.24) is 10.2 Å². The number of aryl methyl sites for hydroxylation is 1. The lowest BCUT2D eigenvalue weighted by atomic mass is 10.0. The Morgan fingerprint density at radius 1 is 0.913 bits per heavy atom. The van der Waals surface area contributed by atoms with Crippen molar-refractivity contribution in [1.29, 1.82) is 0 Å². The number of rotatable bonds is 14. The molecule has 0 saturated heterocycles. The minimum Gasteiger partial charge on any atom is -0.354 e. The maximum atomic E-state index is 14.6. The third-order valence-electron chi connectivity index (χ3n) is 7.44. The predicted molar refractivity (Wildman–Crippen MR) is 189 cm³/mol. The van der Waals surface area contributed by atoms with Crippen LogP contribution in [0, 0.1) is 6.92 Å². The molecule has 0 aliphatic carbocycles. The SMILES string of the molecule is CCCCNC(=O)[C@@H](Cc1ccccc1)N(Cc1ccc(Cl)cc1Cl)C(=O)CN(c1cccc(Br)c1)S(=O)(=O)c1ccc(C)cc1. The number of nitrogens with one attached hydrogen (secondary N) is 1. The van der Waals surface area contributed by atoms with Gasteiger partial charge in [0.05, 0.1) is 10.6 Å². The molecule has 4 aromatic carbocycles. The first-order valence-electron chi connectivity index (χ1n) is 14.9. The highest BCUT2D eigenvalue weighted by Crippen LogP contribution is 2.29. The normalized spacial score (nSPS) is 11.9. The van der Waals surface area contributed by atoms with Crippen LogP contribution in [-0.4, -0.2) is 44.3 Å². The van der Waals surface area contributed by atoms with Gasteiger partial charge in [-0.1, -0.05) is 113 Å². The molecule has 0 radical (unpaired) electrons. The summed E-state index contributed by atoms with van der Waals surface area (Å²) >= 11 is 16.2. The van der Waals surface area contributed by atoms with E-state index in [-0.39, 0.29) is 23.8 Å². The molecule has 1 atom stereocenters. The van der Waals surface area contributed by atoms with Gasteiger partial charge in [0, 0.05) is 34.0 Å². The van der Waals surface area contributed by atoms with Crippen LogP contribution in [0.1, 0.15) is 36.5 Å². The first kappa shape index (κ1) is 35.5. The highest BCUT2D eigenvalue weighted by Gasteiger charge is 2.35. The number of nitrogens with zero attached hydrogens (tertiary/aromatic N) is 2. The van der Waals surface area contributed by atoms with Gasteiger partial charge in [-0.15, -0.1) is 0 Å². The Labute approximate surface area is 289 Å². The van der Waals surface area contributed by atoms with E-state index < -0.39 is 28.5 Å². The number of carbonyl (C=O) groups is 2. The van der Waals surface area contributed by atoms with Crippen LogP contribution >= 0.6 is 39.1 Å². The smallest absolute Gasteiger partial charge is 0.264 e. The van der Waals surface area contributed by atoms with E-state index >= 15 is 0 Å². The summed E-state index contributed by atoms with van der Waals surface area (Å²) in [5.74, 6) is -0.917. The number of carbonyl (C=O) groups excluding carboxylic acids is 2. The van der Waals surface area contributed by atoms with Crippen LogP contribution in [0.3, 0.4) is 0 Å². The highest BCUT2D eigenvalue weighted by atomic mass is 79.9. The molecular formula is C35H36BrCl2N3O4S. The van der Waals surface area contributed by atoms with E-state index in [1.165, 1.54) is 17.0 Å². The average molecular weight is 746 g/mol. The van der Waals surface area contributed by atoms with Gasteiger partial charge in [-0.05, 0) is 66.9 Å². The number of amides is 2. The second kappa shape index (κ2) is 16.5. The van der Waals surface area contributed by atoms with E-state index in [2.05, 4.69) is 21.2 Å². The quantitative estimate of drug-likeness (QED) is 0.134. The van der Waals surface area contributed by atoms with Crippen molar-refractivity contribution in [2.24, 2.45) is 0 Å². The fourth-order valence-electron chi connectivity index (χ4n) is 4.89. The van der Waals surface area contributed by atoms with Gasteiger partial charge in [-0.3, -0.25) is 13.9 Å². The average Bonchev–Trinajstić information content (AvgIpc) is 3.03. The van der Waals surface area contributed by atoms with Crippen LogP contribution in [0.2, 0.25) is 10.0 Å². The Kier molecular flexibility index (Phi) is 12.7. The first-order valence-corrected chi connectivity index (χ1v) is 17.9. The lowest BCUT2D eigenvalue weighted by molar-refractivity contribution is -0.140. The molecule has 0 heterocycles. The fraction of sp³-hybridized carbons (Fsp3) is 0.257. The molecule has 11 heteroatoms. The van der Waals surface area contributed by atoms with Crippen LogP contribution < -0.4 is 9.62 Å². The van der Waals surface area contributed by atoms with E-state index in [0.717, 1.165) is 28.3 Å². The van der Waals surface area contributed by atoms with E-state index in [4.69, 9.17) is 23.2 Å². The summed E-state index contributed by atoms with van der Waals surface area (Å²) < 4.78 is 30.0. The zero-order valence-corrected chi connectivity index (χ0v) is 29.5. The summed E-state index contributed by atoms with van der Waals surface area (Å²) in [6, 6.07) is 26.5. The first-order chi connectivity index (χ1) is 22.0. The van der Waals surface area contributed by atoms with Crippen LogP contribution in [0.25, 0.3) is 0 Å². The number of hydrogen-bond acceptors (Lipinski definition) is 4. The molecule has 0 unspecified atom stereocenters. The summed E-state index contributed by atoms with van der Waals surface area (Å²) in [5.41, 5.74) is 2.59. The summed E-state index contributed by atoms with van der Waals surface area (Å²) in [6.45, 7) is 3.72. The van der Waals surface area contributed by atoms with Crippen molar-refractivity contribution >= 4 is 66.7 Å². The Morgan fingerprint density at radius 2 is 1.63 bits per heavy atom. The van der Waals surface area contributed by atoms with Gasteiger partial charge in [0.25, 0.3) is 10.0 Å². The lowest BCUT2D eigenvalue weighted by Crippen LogP contribution is -2.53. The van der Waals surface area contributed by atoms with E-state index in [1.807, 2.05) is 44.2 Å². The topological polar surface area (TPSA) is 86.8 Å². The predicted octanol–water partition coefficient (Wildman–Crippen LogP) is 7.82. The fourth-order valence-corrected chi connectivity index (χ4v) is 7.15. The van der Waals surface area contributed by atoms with E-state index in [9.17, 15) is 18.0 Å². The van der Waals surface area contributed by atoms with Gasteiger partial charge in [0.2, 0.25) is 11.8 Å². The molecule has 7 nitrogen and oxygen atoms in total. The third kappa shape index (κ3) is 9.35. The van der Waals surface area contributed by atoms with Crippen LogP contribution in [0.4, 0.5) is 5.69 Å². The lowest BCUT2D eigenvalue weighted by Gasteiger charge is -2.34. The Hall–Kier alpha value is -3.37. The molecule has 4 rings (SSSR count). The number of anilines is 1.